The molecular weight excluding hydrogens is 379 g/mol. The predicted octanol–water partition coefficient (Wildman–Crippen LogP) is 4.27. The van der Waals surface area contributed by atoms with E-state index in [1.807, 2.05) is 40.1 Å². The number of phenolic OH excluding ortho intramolecular Hbond substituents is 1. The van der Waals surface area contributed by atoms with Crippen LogP contribution >= 0.6 is 11.6 Å². The number of amides is 1. The Morgan fingerprint density at radius 1 is 1.04 bits per heavy atom. The quantitative estimate of drug-likeness (QED) is 0.830. The zero-order valence-corrected chi connectivity index (χ0v) is 16.6. The van der Waals surface area contributed by atoms with Gasteiger partial charge in [0.2, 0.25) is 5.91 Å². The highest BCUT2D eigenvalue weighted by Crippen LogP contribution is 2.24. The molecule has 2 atom stereocenters. The van der Waals surface area contributed by atoms with Gasteiger partial charge in [-0.3, -0.25) is 9.69 Å². The fraction of sp³-hybridized carbons (Fsp3) is 0.409. The van der Waals surface area contributed by atoms with Crippen LogP contribution in [0, 0.1) is 0 Å². The van der Waals surface area contributed by atoms with Gasteiger partial charge in [0.05, 0.1) is 6.04 Å². The van der Waals surface area contributed by atoms with Crippen molar-refractivity contribution < 1.29 is 14.3 Å². The molecule has 2 saturated heterocycles. The number of alkyl halides is 1. The number of nitrogens with zero attached hydrogens (tertiary/aromatic N) is 2. The number of benzene rings is 2. The van der Waals surface area contributed by atoms with Crippen LogP contribution in [0.3, 0.4) is 0 Å². The summed E-state index contributed by atoms with van der Waals surface area (Å²) < 4.78 is 13.5. The first-order valence-electron chi connectivity index (χ1n) is 9.68. The Labute approximate surface area is 170 Å². The molecular formula is C22H26ClFN2O2. The molecule has 2 fully saturated rings. The molecule has 150 valence electrons. The molecule has 2 heterocycles. The molecule has 2 aromatic rings. The summed E-state index contributed by atoms with van der Waals surface area (Å²) in [7, 11) is 0. The zero-order valence-electron chi connectivity index (χ0n) is 15.8. The maximum atomic E-state index is 13.5. The van der Waals surface area contributed by atoms with E-state index >= 15 is 0 Å². The number of hydrogen-bond acceptors (Lipinski definition) is 3. The summed E-state index contributed by atoms with van der Waals surface area (Å²) in [6, 6.07) is 16.2. The molecule has 0 spiro atoms. The van der Waals surface area contributed by atoms with E-state index in [1.165, 1.54) is 0 Å². The second-order valence-electron chi connectivity index (χ2n) is 7.26. The first kappa shape index (κ1) is 20.6. The van der Waals surface area contributed by atoms with Crippen molar-refractivity contribution in [2.24, 2.45) is 0 Å². The van der Waals surface area contributed by atoms with Crippen molar-refractivity contribution >= 4 is 17.5 Å². The zero-order chi connectivity index (χ0) is 19.9. The molecule has 1 N–H and O–H groups in total. The predicted molar refractivity (Wildman–Crippen MR) is 109 cm³/mol. The summed E-state index contributed by atoms with van der Waals surface area (Å²) in [6.45, 7) is 2.61. The lowest BCUT2D eigenvalue weighted by atomic mass is 10.1. The molecule has 0 bridgehead atoms. The fourth-order valence-electron chi connectivity index (χ4n) is 3.69. The Bertz CT molecular complexity index is 757. The van der Waals surface area contributed by atoms with Gasteiger partial charge in [-0.1, -0.05) is 41.9 Å². The minimum atomic E-state index is -0.781. The highest BCUT2D eigenvalue weighted by Gasteiger charge is 2.37. The number of piperidine rings is 1. The molecule has 2 unspecified atom stereocenters. The normalized spacial score (nSPS) is 22.6. The van der Waals surface area contributed by atoms with Crippen LogP contribution in [0.1, 0.15) is 24.8 Å². The Balaban J connectivity index is 0.000000271. The van der Waals surface area contributed by atoms with Crippen molar-refractivity contribution in [3.8, 4) is 5.75 Å². The monoisotopic (exact) mass is 404 g/mol. The molecule has 0 aromatic heterocycles. The molecule has 0 saturated carbocycles. The number of phenols is 1. The summed E-state index contributed by atoms with van der Waals surface area (Å²) in [5.74, 6) is 0.460. The lowest BCUT2D eigenvalue weighted by Gasteiger charge is -2.32. The van der Waals surface area contributed by atoms with E-state index in [2.05, 4.69) is 0 Å². The van der Waals surface area contributed by atoms with Crippen molar-refractivity contribution in [2.45, 2.75) is 38.0 Å². The third-order valence-electron chi connectivity index (χ3n) is 5.15. The second-order valence-corrected chi connectivity index (χ2v) is 7.70. The molecule has 2 aliphatic heterocycles. The number of hydrogen-bond donors (Lipinski definition) is 1. The number of likely N-dealkylation sites (tertiary alicyclic amines) is 2. The number of para-hydroxylation sites is 1. The van der Waals surface area contributed by atoms with Crippen LogP contribution in [-0.2, 0) is 11.3 Å². The third-order valence-corrected chi connectivity index (χ3v) is 5.40. The topological polar surface area (TPSA) is 43.8 Å². The van der Waals surface area contributed by atoms with Gasteiger partial charge < -0.3 is 10.0 Å². The van der Waals surface area contributed by atoms with Gasteiger partial charge in [-0.2, -0.15) is 0 Å². The van der Waals surface area contributed by atoms with Gasteiger partial charge in [-0.25, -0.2) is 4.39 Å². The highest BCUT2D eigenvalue weighted by atomic mass is 35.5. The van der Waals surface area contributed by atoms with Crippen molar-refractivity contribution in [1.29, 1.82) is 0 Å². The number of rotatable bonds is 3. The highest BCUT2D eigenvalue weighted by molar-refractivity contribution is 6.30. The molecule has 2 aromatic carbocycles. The van der Waals surface area contributed by atoms with Crippen LogP contribution < -0.4 is 0 Å². The molecule has 28 heavy (non-hydrogen) atoms. The van der Waals surface area contributed by atoms with Crippen molar-refractivity contribution in [3.63, 3.8) is 0 Å². The van der Waals surface area contributed by atoms with E-state index in [1.54, 1.807) is 24.3 Å². The average Bonchev–Trinajstić information content (AvgIpc) is 3.05. The SMILES string of the molecule is O=C1C(N2CCCC(F)C2)CCN1Cc1ccc(Cl)cc1.Oc1ccccc1. The summed E-state index contributed by atoms with van der Waals surface area (Å²) in [4.78, 5) is 16.4. The number of halogens is 2. The second kappa shape index (κ2) is 9.89. The van der Waals surface area contributed by atoms with Crippen LogP contribution in [0.25, 0.3) is 0 Å². The largest absolute Gasteiger partial charge is 0.508 e. The lowest BCUT2D eigenvalue weighted by Crippen LogP contribution is -2.47. The Morgan fingerprint density at radius 2 is 1.75 bits per heavy atom. The van der Waals surface area contributed by atoms with E-state index < -0.39 is 6.17 Å². The van der Waals surface area contributed by atoms with Gasteiger partial charge in [0, 0.05) is 24.7 Å². The van der Waals surface area contributed by atoms with Crippen LogP contribution in [0.4, 0.5) is 4.39 Å². The van der Waals surface area contributed by atoms with Crippen LogP contribution in [-0.4, -0.2) is 52.7 Å². The van der Waals surface area contributed by atoms with Gasteiger partial charge >= 0.3 is 0 Å². The minimum Gasteiger partial charge on any atom is -0.508 e. The van der Waals surface area contributed by atoms with Gasteiger partial charge in [0.15, 0.2) is 0 Å². The van der Waals surface area contributed by atoms with E-state index in [9.17, 15) is 9.18 Å². The van der Waals surface area contributed by atoms with Crippen LogP contribution in [0.2, 0.25) is 5.02 Å². The third kappa shape index (κ3) is 5.69. The Morgan fingerprint density at radius 3 is 2.36 bits per heavy atom. The van der Waals surface area contributed by atoms with Crippen molar-refractivity contribution in [1.82, 2.24) is 9.80 Å². The Hall–Kier alpha value is -2.11. The maximum Gasteiger partial charge on any atom is 0.240 e. The minimum absolute atomic E-state index is 0.129. The number of aromatic hydroxyl groups is 1. The van der Waals surface area contributed by atoms with Gasteiger partial charge in [-0.15, -0.1) is 0 Å². The standard InChI is InChI=1S/C16H20ClFN2O.C6H6O/c17-13-5-3-12(4-6-13)10-20-9-7-15(16(20)21)19-8-1-2-14(18)11-19;7-6-4-2-1-3-5-6/h3-6,14-15H,1-2,7-11H2;1-5,7H. The molecule has 1 amide bonds. The summed E-state index contributed by atoms with van der Waals surface area (Å²) in [5.41, 5.74) is 1.08. The van der Waals surface area contributed by atoms with E-state index in [-0.39, 0.29) is 11.9 Å². The maximum absolute atomic E-state index is 13.5. The number of carbonyl (C=O) groups is 1. The van der Waals surface area contributed by atoms with Crippen LogP contribution in [0.5, 0.6) is 5.75 Å². The molecule has 0 aliphatic carbocycles. The van der Waals surface area contributed by atoms with E-state index in [4.69, 9.17) is 16.7 Å². The average molecular weight is 405 g/mol. The smallest absolute Gasteiger partial charge is 0.240 e. The summed E-state index contributed by atoms with van der Waals surface area (Å²) >= 11 is 5.87. The summed E-state index contributed by atoms with van der Waals surface area (Å²) in [6.07, 6.45) is 1.50. The summed E-state index contributed by atoms with van der Waals surface area (Å²) in [5, 5.41) is 9.33. The first-order valence-corrected chi connectivity index (χ1v) is 10.1. The molecule has 2 aliphatic rings. The molecule has 6 heteroatoms. The fourth-order valence-corrected chi connectivity index (χ4v) is 3.82. The van der Waals surface area contributed by atoms with E-state index in [0.717, 1.165) is 31.5 Å². The lowest BCUT2D eigenvalue weighted by molar-refractivity contribution is -0.133. The molecule has 4 nitrogen and oxygen atoms in total. The van der Waals surface area contributed by atoms with Crippen LogP contribution in [0.15, 0.2) is 54.6 Å². The van der Waals surface area contributed by atoms with Crippen molar-refractivity contribution in [2.75, 3.05) is 19.6 Å². The molecule has 0 radical (unpaired) electrons. The van der Waals surface area contributed by atoms with Gasteiger partial charge in [-0.05, 0) is 55.6 Å². The molecule has 4 rings (SSSR count). The first-order chi connectivity index (χ1) is 13.5. The van der Waals surface area contributed by atoms with Gasteiger partial charge in [0.25, 0.3) is 0 Å². The van der Waals surface area contributed by atoms with Gasteiger partial charge in [0.1, 0.15) is 11.9 Å². The van der Waals surface area contributed by atoms with E-state index in [0.29, 0.717) is 30.3 Å². The van der Waals surface area contributed by atoms with Crippen molar-refractivity contribution in [3.05, 3.63) is 65.2 Å². The number of carbonyl (C=O) groups excluding carboxylic acids is 1. The Kier molecular flexibility index (Phi) is 7.29.